The first-order chi connectivity index (χ1) is 15.2. The number of amides is 1. The number of hydrogen-bond acceptors (Lipinski definition) is 5. The van der Waals surface area contributed by atoms with Gasteiger partial charge >= 0.3 is 0 Å². The number of carbonyl (C=O) groups excluding carboxylic acids is 1. The van der Waals surface area contributed by atoms with Crippen LogP contribution in [0.5, 0.6) is 11.5 Å². The molecule has 172 valence electrons. The van der Waals surface area contributed by atoms with Crippen molar-refractivity contribution in [3.05, 3.63) is 46.5 Å². The van der Waals surface area contributed by atoms with Gasteiger partial charge in [-0.05, 0) is 68.2 Å². The van der Waals surface area contributed by atoms with Gasteiger partial charge in [-0.1, -0.05) is 17.7 Å². The highest BCUT2D eigenvalue weighted by molar-refractivity contribution is 7.92. The molecule has 2 aromatic carbocycles. The Labute approximate surface area is 193 Å². The number of nitrogens with one attached hydrogen (secondary N) is 2. The number of anilines is 1. The summed E-state index contributed by atoms with van der Waals surface area (Å²) in [7, 11) is -1.12. The van der Waals surface area contributed by atoms with Crippen LogP contribution in [0.1, 0.15) is 41.6 Å². The number of benzene rings is 2. The summed E-state index contributed by atoms with van der Waals surface area (Å²) >= 11 is 6.16. The average Bonchev–Trinajstić information content (AvgIpc) is 3.66. The van der Waals surface area contributed by atoms with E-state index < -0.39 is 10.0 Å². The number of halogens is 1. The molecule has 0 spiro atoms. The number of carbonyl (C=O) groups is 1. The predicted molar refractivity (Wildman–Crippen MR) is 123 cm³/mol. The van der Waals surface area contributed by atoms with E-state index in [1.54, 1.807) is 13.0 Å². The Morgan fingerprint density at radius 3 is 2.22 bits per heavy atom. The molecule has 2 saturated carbocycles. The zero-order valence-electron chi connectivity index (χ0n) is 18.3. The van der Waals surface area contributed by atoms with Crippen molar-refractivity contribution >= 4 is 33.2 Å². The molecule has 0 bridgehead atoms. The smallest absolute Gasteiger partial charge is 0.262 e. The van der Waals surface area contributed by atoms with E-state index in [4.69, 9.17) is 21.1 Å². The molecule has 2 N–H and O–H groups in total. The van der Waals surface area contributed by atoms with Gasteiger partial charge in [0.05, 0.1) is 29.8 Å². The van der Waals surface area contributed by atoms with Crippen LogP contribution in [-0.4, -0.2) is 34.6 Å². The maximum Gasteiger partial charge on any atom is 0.262 e. The normalized spacial score (nSPS) is 16.0. The van der Waals surface area contributed by atoms with Crippen molar-refractivity contribution < 1.29 is 22.7 Å². The Bertz CT molecular complexity index is 1130. The lowest BCUT2D eigenvalue weighted by Crippen LogP contribution is -2.38. The summed E-state index contributed by atoms with van der Waals surface area (Å²) in [6.45, 7) is 1.80. The van der Waals surface area contributed by atoms with Gasteiger partial charge in [-0.3, -0.25) is 9.52 Å². The van der Waals surface area contributed by atoms with Gasteiger partial charge in [0.1, 0.15) is 11.5 Å². The van der Waals surface area contributed by atoms with Gasteiger partial charge in [0, 0.05) is 17.7 Å². The third kappa shape index (κ3) is 4.81. The number of aryl methyl sites for hydroxylation is 1. The Balaban J connectivity index is 1.59. The maximum absolute atomic E-state index is 13.1. The molecule has 2 aromatic rings. The third-order valence-electron chi connectivity index (χ3n) is 6.04. The van der Waals surface area contributed by atoms with Gasteiger partial charge in [0.15, 0.2) is 0 Å². The van der Waals surface area contributed by atoms with Crippen LogP contribution in [0.3, 0.4) is 0 Å². The molecule has 0 saturated heterocycles. The van der Waals surface area contributed by atoms with Crippen LogP contribution in [0.2, 0.25) is 5.02 Å². The molecule has 2 aliphatic carbocycles. The lowest BCUT2D eigenvalue weighted by atomic mass is 10.0. The average molecular weight is 479 g/mol. The summed E-state index contributed by atoms with van der Waals surface area (Å²) in [4.78, 5) is 13.0. The van der Waals surface area contributed by atoms with E-state index in [0.717, 1.165) is 31.2 Å². The van der Waals surface area contributed by atoms with Crippen LogP contribution >= 0.6 is 11.6 Å². The standard InChI is InChI=1S/C23H27ClN2O5S/c1-13-4-9-16(10-17(13)23(27)25-22(14-5-6-14)15-7-8-15)32(28,29)26-19-11-18(24)20(30-2)12-21(19)31-3/h4,9-12,14-15,22,26H,5-8H2,1-3H3,(H,25,27). The number of rotatable bonds is 9. The van der Waals surface area contributed by atoms with Gasteiger partial charge < -0.3 is 14.8 Å². The quantitative estimate of drug-likeness (QED) is 0.557. The van der Waals surface area contributed by atoms with Crippen LogP contribution < -0.4 is 19.5 Å². The summed E-state index contributed by atoms with van der Waals surface area (Å²) in [6.07, 6.45) is 4.58. The number of sulfonamides is 1. The van der Waals surface area contributed by atoms with E-state index in [0.29, 0.717) is 23.1 Å². The zero-order valence-corrected chi connectivity index (χ0v) is 19.8. The van der Waals surface area contributed by atoms with Crippen LogP contribution in [0.4, 0.5) is 5.69 Å². The summed E-state index contributed by atoms with van der Waals surface area (Å²) < 4.78 is 39.1. The molecule has 0 aliphatic heterocycles. The Kier molecular flexibility index (Phi) is 6.27. The Morgan fingerprint density at radius 1 is 1.03 bits per heavy atom. The van der Waals surface area contributed by atoms with Crippen LogP contribution in [0, 0.1) is 18.8 Å². The Morgan fingerprint density at radius 2 is 1.66 bits per heavy atom. The van der Waals surface area contributed by atoms with Crippen LogP contribution in [0.25, 0.3) is 0 Å². The predicted octanol–water partition coefficient (Wildman–Crippen LogP) is 4.38. The van der Waals surface area contributed by atoms with Gasteiger partial charge in [0.2, 0.25) is 0 Å². The van der Waals surface area contributed by atoms with Gasteiger partial charge in [0.25, 0.3) is 15.9 Å². The maximum atomic E-state index is 13.1. The first-order valence-electron chi connectivity index (χ1n) is 10.6. The van der Waals surface area contributed by atoms with E-state index in [1.807, 2.05) is 0 Å². The number of hydrogen-bond donors (Lipinski definition) is 2. The molecule has 4 rings (SSSR count). The van der Waals surface area contributed by atoms with E-state index in [2.05, 4.69) is 10.0 Å². The fraction of sp³-hybridized carbons (Fsp3) is 0.435. The second-order valence-corrected chi connectivity index (χ2v) is 10.5. The molecule has 2 aliphatic rings. The molecule has 9 heteroatoms. The van der Waals surface area contributed by atoms with Crippen molar-refractivity contribution in [1.29, 1.82) is 0 Å². The minimum atomic E-state index is -4.00. The summed E-state index contributed by atoms with van der Waals surface area (Å²) in [5, 5.41) is 3.40. The molecule has 0 unspecified atom stereocenters. The summed E-state index contributed by atoms with van der Waals surface area (Å²) in [5.41, 5.74) is 1.25. The molecule has 7 nitrogen and oxygen atoms in total. The molecule has 1 amide bonds. The van der Waals surface area contributed by atoms with E-state index >= 15 is 0 Å². The zero-order chi connectivity index (χ0) is 23.0. The second-order valence-electron chi connectivity index (χ2n) is 8.44. The Hall–Kier alpha value is -2.45. The first-order valence-corrected chi connectivity index (χ1v) is 12.5. The lowest BCUT2D eigenvalue weighted by molar-refractivity contribution is 0.0925. The fourth-order valence-electron chi connectivity index (χ4n) is 3.92. The van der Waals surface area contributed by atoms with Gasteiger partial charge in [-0.15, -0.1) is 0 Å². The lowest BCUT2D eigenvalue weighted by Gasteiger charge is -2.19. The van der Waals surface area contributed by atoms with Crippen molar-refractivity contribution in [3.63, 3.8) is 0 Å². The monoisotopic (exact) mass is 478 g/mol. The minimum absolute atomic E-state index is 0.0170. The van der Waals surface area contributed by atoms with Crippen molar-refractivity contribution in [2.45, 2.75) is 43.5 Å². The van der Waals surface area contributed by atoms with Crippen molar-refractivity contribution in [1.82, 2.24) is 5.32 Å². The highest BCUT2D eigenvalue weighted by atomic mass is 35.5. The molecule has 32 heavy (non-hydrogen) atoms. The van der Waals surface area contributed by atoms with E-state index in [9.17, 15) is 13.2 Å². The van der Waals surface area contributed by atoms with E-state index in [-0.39, 0.29) is 33.3 Å². The third-order valence-corrected chi connectivity index (χ3v) is 7.70. The molecular formula is C23H27ClN2O5S. The summed E-state index contributed by atoms with van der Waals surface area (Å²) in [6, 6.07) is 7.65. The molecule has 0 radical (unpaired) electrons. The van der Waals surface area contributed by atoms with Crippen molar-refractivity contribution in [3.8, 4) is 11.5 Å². The molecule has 0 atom stereocenters. The highest BCUT2D eigenvalue weighted by Gasteiger charge is 2.42. The largest absolute Gasteiger partial charge is 0.495 e. The summed E-state index contributed by atoms with van der Waals surface area (Å²) in [5.74, 6) is 1.49. The SMILES string of the molecule is COc1cc(OC)c(NS(=O)(=O)c2ccc(C)c(C(=O)NC(C3CC3)C3CC3)c2)cc1Cl. The topological polar surface area (TPSA) is 93.7 Å². The molecule has 0 heterocycles. The molecular weight excluding hydrogens is 452 g/mol. The van der Waals surface area contributed by atoms with Gasteiger partial charge in [-0.25, -0.2) is 8.42 Å². The van der Waals surface area contributed by atoms with Crippen LogP contribution in [0.15, 0.2) is 35.2 Å². The number of ether oxygens (including phenoxy) is 2. The van der Waals surface area contributed by atoms with E-state index in [1.165, 1.54) is 38.5 Å². The molecule has 0 aromatic heterocycles. The highest BCUT2D eigenvalue weighted by Crippen LogP contribution is 2.44. The molecule has 2 fully saturated rings. The van der Waals surface area contributed by atoms with Crippen molar-refractivity contribution in [2.24, 2.45) is 11.8 Å². The second kappa shape index (κ2) is 8.83. The number of methoxy groups -OCH3 is 2. The van der Waals surface area contributed by atoms with Crippen LogP contribution in [-0.2, 0) is 10.0 Å². The van der Waals surface area contributed by atoms with Crippen molar-refractivity contribution in [2.75, 3.05) is 18.9 Å². The minimum Gasteiger partial charge on any atom is -0.495 e. The first kappa shape index (κ1) is 22.7. The fourth-order valence-corrected chi connectivity index (χ4v) is 5.24. The van der Waals surface area contributed by atoms with Gasteiger partial charge in [-0.2, -0.15) is 0 Å².